The van der Waals surface area contributed by atoms with Crippen molar-refractivity contribution in [2.45, 2.75) is 26.3 Å². The summed E-state index contributed by atoms with van der Waals surface area (Å²) in [7, 11) is 1.65. The number of rotatable bonds is 6. The summed E-state index contributed by atoms with van der Waals surface area (Å²) in [6.07, 6.45) is 1.23. The number of nitrogens with zero attached hydrogens (tertiary/aromatic N) is 1. The largest absolute Gasteiger partial charge is 0.497 e. The molecule has 0 aliphatic carbocycles. The first-order chi connectivity index (χ1) is 11.2. The number of ether oxygens (including phenoxy) is 1. The summed E-state index contributed by atoms with van der Waals surface area (Å²) in [4.78, 5) is 20.7. The number of carbonyl (C=O) groups is 1. The number of benzene rings is 1. The molecular formula is C17H19N3O2S. The van der Waals surface area contributed by atoms with Crippen molar-refractivity contribution in [2.75, 3.05) is 7.11 Å². The Kier molecular flexibility index (Phi) is 4.62. The molecule has 0 bridgehead atoms. The summed E-state index contributed by atoms with van der Waals surface area (Å²) in [6.45, 7) is 2.47. The van der Waals surface area contributed by atoms with Crippen LogP contribution >= 0.6 is 11.3 Å². The van der Waals surface area contributed by atoms with Crippen LogP contribution in [0, 0.1) is 6.92 Å². The van der Waals surface area contributed by atoms with Crippen LogP contribution in [0.2, 0.25) is 0 Å². The minimum Gasteiger partial charge on any atom is -0.497 e. The Morgan fingerprint density at radius 2 is 2.26 bits per heavy atom. The van der Waals surface area contributed by atoms with Crippen LogP contribution in [0.15, 0.2) is 29.8 Å². The summed E-state index contributed by atoms with van der Waals surface area (Å²) in [5.74, 6) is 0.876. The van der Waals surface area contributed by atoms with Crippen molar-refractivity contribution < 1.29 is 9.53 Å². The minimum absolute atomic E-state index is 0.0500. The van der Waals surface area contributed by atoms with Gasteiger partial charge in [-0.3, -0.25) is 4.79 Å². The van der Waals surface area contributed by atoms with Gasteiger partial charge in [-0.15, -0.1) is 11.3 Å². The van der Waals surface area contributed by atoms with Crippen molar-refractivity contribution in [3.63, 3.8) is 0 Å². The lowest BCUT2D eigenvalue weighted by atomic mass is 10.2. The maximum absolute atomic E-state index is 12.0. The zero-order chi connectivity index (χ0) is 16.2. The van der Waals surface area contributed by atoms with Crippen LogP contribution in [-0.2, 0) is 17.8 Å². The van der Waals surface area contributed by atoms with Gasteiger partial charge < -0.3 is 15.0 Å². The molecule has 0 saturated carbocycles. The predicted molar refractivity (Wildman–Crippen MR) is 91.9 cm³/mol. The van der Waals surface area contributed by atoms with E-state index in [1.807, 2.05) is 36.7 Å². The fraction of sp³-hybridized carbons (Fsp3) is 0.294. The van der Waals surface area contributed by atoms with Crippen LogP contribution in [-0.4, -0.2) is 23.0 Å². The van der Waals surface area contributed by atoms with Crippen LogP contribution < -0.4 is 10.1 Å². The van der Waals surface area contributed by atoms with Gasteiger partial charge in [0, 0.05) is 27.9 Å². The molecule has 1 amide bonds. The van der Waals surface area contributed by atoms with Gasteiger partial charge in [0.2, 0.25) is 5.91 Å². The molecule has 0 saturated heterocycles. The summed E-state index contributed by atoms with van der Waals surface area (Å²) in [5.41, 5.74) is 4.86. The number of carbonyl (C=O) groups excluding carboxylic acids is 1. The zero-order valence-corrected chi connectivity index (χ0v) is 14.0. The molecule has 3 rings (SSSR count). The van der Waals surface area contributed by atoms with Crippen LogP contribution in [0.1, 0.15) is 22.7 Å². The Morgan fingerprint density at radius 3 is 3.00 bits per heavy atom. The standard InChI is InChI=1S/C17H19N3O2S/c1-11-16(23-10-19-11)5-6-17(21)18-9-13-7-12-8-14(22-2)3-4-15(12)20-13/h3-4,7-8,10,20H,5-6,9H2,1-2H3,(H,18,21). The number of H-pyrrole nitrogens is 1. The highest BCUT2D eigenvalue weighted by molar-refractivity contribution is 7.09. The topological polar surface area (TPSA) is 67.0 Å². The lowest BCUT2D eigenvalue weighted by Crippen LogP contribution is -2.23. The fourth-order valence-corrected chi connectivity index (χ4v) is 3.25. The molecule has 2 N–H and O–H groups in total. The van der Waals surface area contributed by atoms with Crippen molar-refractivity contribution >= 4 is 28.1 Å². The van der Waals surface area contributed by atoms with Crippen molar-refractivity contribution in [2.24, 2.45) is 0 Å². The summed E-state index contributed by atoms with van der Waals surface area (Å²) in [5, 5.41) is 4.03. The number of aromatic nitrogens is 2. The van der Waals surface area contributed by atoms with E-state index in [9.17, 15) is 4.79 Å². The first-order valence-corrected chi connectivity index (χ1v) is 8.35. The molecule has 1 aromatic carbocycles. The number of nitrogens with one attached hydrogen (secondary N) is 2. The summed E-state index contributed by atoms with van der Waals surface area (Å²) >= 11 is 1.60. The normalized spacial score (nSPS) is 10.9. The maximum atomic E-state index is 12.0. The molecule has 23 heavy (non-hydrogen) atoms. The third-order valence-corrected chi connectivity index (χ3v) is 4.78. The molecule has 0 fully saturated rings. The molecule has 0 aliphatic rings. The van der Waals surface area contributed by atoms with E-state index >= 15 is 0 Å². The van der Waals surface area contributed by atoms with Crippen molar-refractivity contribution in [3.8, 4) is 5.75 Å². The van der Waals surface area contributed by atoms with Crippen molar-refractivity contribution in [1.29, 1.82) is 0 Å². The molecule has 2 aromatic heterocycles. The molecule has 2 heterocycles. The molecule has 0 aliphatic heterocycles. The summed E-state index contributed by atoms with van der Waals surface area (Å²) < 4.78 is 5.22. The Hall–Kier alpha value is -2.34. The first-order valence-electron chi connectivity index (χ1n) is 7.47. The quantitative estimate of drug-likeness (QED) is 0.730. The van der Waals surface area contributed by atoms with Crippen LogP contribution in [0.4, 0.5) is 0 Å². The average molecular weight is 329 g/mol. The van der Waals surface area contributed by atoms with Crippen LogP contribution in [0.3, 0.4) is 0 Å². The number of hydrogen-bond donors (Lipinski definition) is 2. The first kappa shape index (κ1) is 15.6. The fourth-order valence-electron chi connectivity index (χ4n) is 2.47. The molecule has 6 heteroatoms. The SMILES string of the molecule is COc1ccc2[nH]c(CNC(=O)CCc3scnc3C)cc2c1. The maximum Gasteiger partial charge on any atom is 0.220 e. The van der Waals surface area contributed by atoms with E-state index in [1.54, 1.807) is 18.4 Å². The van der Waals surface area contributed by atoms with E-state index < -0.39 is 0 Å². The molecule has 3 aromatic rings. The highest BCUT2D eigenvalue weighted by Gasteiger charge is 2.07. The third kappa shape index (κ3) is 3.71. The van der Waals surface area contributed by atoms with Crippen LogP contribution in [0.25, 0.3) is 10.9 Å². The number of hydrogen-bond acceptors (Lipinski definition) is 4. The molecule has 5 nitrogen and oxygen atoms in total. The second-order valence-electron chi connectivity index (χ2n) is 5.39. The molecule has 0 atom stereocenters. The van der Waals surface area contributed by atoms with Gasteiger partial charge in [-0.05, 0) is 37.6 Å². The lowest BCUT2D eigenvalue weighted by Gasteiger charge is -2.03. The summed E-state index contributed by atoms with van der Waals surface area (Å²) in [6, 6.07) is 7.90. The number of fused-ring (bicyclic) bond motifs is 1. The predicted octanol–water partition coefficient (Wildman–Crippen LogP) is 3.19. The number of aryl methyl sites for hydroxylation is 2. The van der Waals surface area contributed by atoms with E-state index in [2.05, 4.69) is 15.3 Å². The highest BCUT2D eigenvalue weighted by atomic mass is 32.1. The Labute approximate surface area is 138 Å². The number of methoxy groups -OCH3 is 1. The molecule has 0 radical (unpaired) electrons. The Morgan fingerprint density at radius 1 is 1.39 bits per heavy atom. The van der Waals surface area contributed by atoms with Gasteiger partial charge in [0.05, 0.1) is 24.9 Å². The van der Waals surface area contributed by atoms with Gasteiger partial charge in [-0.2, -0.15) is 0 Å². The smallest absolute Gasteiger partial charge is 0.220 e. The van der Waals surface area contributed by atoms with Gasteiger partial charge >= 0.3 is 0 Å². The molecular weight excluding hydrogens is 310 g/mol. The highest BCUT2D eigenvalue weighted by Crippen LogP contribution is 2.21. The van der Waals surface area contributed by atoms with E-state index in [1.165, 1.54) is 4.88 Å². The van der Waals surface area contributed by atoms with Crippen LogP contribution in [0.5, 0.6) is 5.75 Å². The molecule has 0 spiro atoms. The Bertz CT molecular complexity index is 822. The third-order valence-electron chi connectivity index (χ3n) is 3.78. The lowest BCUT2D eigenvalue weighted by molar-refractivity contribution is -0.121. The average Bonchev–Trinajstić information content (AvgIpc) is 3.15. The monoisotopic (exact) mass is 329 g/mol. The van der Waals surface area contributed by atoms with E-state index in [4.69, 9.17) is 4.74 Å². The number of thiazole rings is 1. The Balaban J connectivity index is 1.55. The molecule has 120 valence electrons. The minimum atomic E-state index is 0.0500. The number of amides is 1. The van der Waals surface area contributed by atoms with E-state index in [0.29, 0.717) is 13.0 Å². The second kappa shape index (κ2) is 6.83. The zero-order valence-electron chi connectivity index (χ0n) is 13.2. The van der Waals surface area contributed by atoms with Crippen molar-refractivity contribution in [3.05, 3.63) is 46.0 Å². The van der Waals surface area contributed by atoms with Gasteiger partial charge in [-0.25, -0.2) is 4.98 Å². The van der Waals surface area contributed by atoms with Crippen molar-refractivity contribution in [1.82, 2.24) is 15.3 Å². The van der Waals surface area contributed by atoms with Gasteiger partial charge in [0.25, 0.3) is 0 Å². The molecule has 0 unspecified atom stereocenters. The van der Waals surface area contributed by atoms with Gasteiger partial charge in [-0.1, -0.05) is 0 Å². The van der Waals surface area contributed by atoms with E-state index in [0.717, 1.165) is 34.5 Å². The second-order valence-corrected chi connectivity index (χ2v) is 6.32. The van der Waals surface area contributed by atoms with E-state index in [-0.39, 0.29) is 5.91 Å². The van der Waals surface area contributed by atoms with Gasteiger partial charge in [0.15, 0.2) is 0 Å². The van der Waals surface area contributed by atoms with Gasteiger partial charge in [0.1, 0.15) is 5.75 Å². The number of aromatic amines is 1.